The first-order valence-electron chi connectivity index (χ1n) is 6.79. The Kier molecular flexibility index (Phi) is 3.74. The molecular formula is C14H15N3O3S. The average molecular weight is 305 g/mol. The molecule has 2 heterocycles. The third kappa shape index (κ3) is 2.97. The molecule has 0 aliphatic heterocycles. The summed E-state index contributed by atoms with van der Waals surface area (Å²) < 4.78 is 1.28. The molecule has 1 aliphatic carbocycles. The molecule has 0 fully saturated rings. The third-order valence-electron chi connectivity index (χ3n) is 3.49. The van der Waals surface area contributed by atoms with Crippen molar-refractivity contribution in [2.45, 2.75) is 32.2 Å². The number of hydrogen-bond acceptors (Lipinski definition) is 4. The van der Waals surface area contributed by atoms with Gasteiger partial charge in [-0.1, -0.05) is 0 Å². The molecule has 6 nitrogen and oxygen atoms in total. The molecule has 2 aromatic rings. The van der Waals surface area contributed by atoms with E-state index in [1.165, 1.54) is 22.2 Å². The van der Waals surface area contributed by atoms with E-state index in [0.717, 1.165) is 30.4 Å². The van der Waals surface area contributed by atoms with Crippen LogP contribution in [0.1, 0.15) is 33.6 Å². The van der Waals surface area contributed by atoms with Gasteiger partial charge < -0.3 is 10.4 Å². The number of anilines is 1. The van der Waals surface area contributed by atoms with Gasteiger partial charge in [0.2, 0.25) is 0 Å². The molecule has 1 amide bonds. The quantitative estimate of drug-likeness (QED) is 0.906. The number of nitrogens with zero attached hydrogens (tertiary/aromatic N) is 2. The summed E-state index contributed by atoms with van der Waals surface area (Å²) in [5.74, 6) is -0.769. The number of aromatic nitrogens is 2. The first-order chi connectivity index (χ1) is 10.1. The largest absolute Gasteiger partial charge is 0.480 e. The maximum absolute atomic E-state index is 12.3. The zero-order valence-electron chi connectivity index (χ0n) is 11.3. The Morgan fingerprint density at radius 2 is 2.19 bits per heavy atom. The number of carbonyl (C=O) groups is 2. The van der Waals surface area contributed by atoms with Crippen molar-refractivity contribution < 1.29 is 14.7 Å². The highest BCUT2D eigenvalue weighted by Crippen LogP contribution is 2.30. The second kappa shape index (κ2) is 5.69. The second-order valence-corrected chi connectivity index (χ2v) is 5.97. The highest BCUT2D eigenvalue weighted by molar-refractivity contribution is 7.10. The van der Waals surface area contributed by atoms with Crippen LogP contribution in [-0.2, 0) is 24.2 Å². The minimum Gasteiger partial charge on any atom is -0.480 e. The number of amides is 1. The van der Waals surface area contributed by atoms with Gasteiger partial charge in [0.05, 0.1) is 5.56 Å². The highest BCUT2D eigenvalue weighted by atomic mass is 32.1. The van der Waals surface area contributed by atoms with Crippen LogP contribution >= 0.6 is 11.3 Å². The van der Waals surface area contributed by atoms with Crippen molar-refractivity contribution in [3.63, 3.8) is 0 Å². The molecule has 0 aromatic carbocycles. The highest BCUT2D eigenvalue weighted by Gasteiger charge is 2.20. The first-order valence-corrected chi connectivity index (χ1v) is 7.67. The smallest absolute Gasteiger partial charge is 0.325 e. The summed E-state index contributed by atoms with van der Waals surface area (Å²) in [7, 11) is 0. The molecule has 0 saturated heterocycles. The summed E-state index contributed by atoms with van der Waals surface area (Å²) in [5.41, 5.74) is 1.89. The van der Waals surface area contributed by atoms with E-state index in [4.69, 9.17) is 5.11 Å². The molecule has 2 N–H and O–H groups in total. The number of carbonyl (C=O) groups excluding carboxylic acids is 1. The van der Waals surface area contributed by atoms with Gasteiger partial charge in [-0.2, -0.15) is 5.10 Å². The van der Waals surface area contributed by atoms with Crippen LogP contribution in [0.5, 0.6) is 0 Å². The minimum absolute atomic E-state index is 0.171. The van der Waals surface area contributed by atoms with Crippen LogP contribution in [0.2, 0.25) is 0 Å². The molecule has 0 atom stereocenters. The number of thiophene rings is 1. The van der Waals surface area contributed by atoms with Gasteiger partial charge in [0.25, 0.3) is 5.91 Å². The molecule has 2 aromatic heterocycles. The zero-order chi connectivity index (χ0) is 14.8. The number of carboxylic acid groups (broad SMARTS) is 1. The fourth-order valence-corrected chi connectivity index (χ4v) is 3.65. The maximum Gasteiger partial charge on any atom is 0.325 e. The summed E-state index contributed by atoms with van der Waals surface area (Å²) in [4.78, 5) is 24.2. The number of hydrogen-bond donors (Lipinski definition) is 2. The van der Waals surface area contributed by atoms with Crippen molar-refractivity contribution in [3.05, 3.63) is 33.6 Å². The van der Waals surface area contributed by atoms with E-state index < -0.39 is 5.97 Å². The Labute approximate surface area is 125 Å². The summed E-state index contributed by atoms with van der Waals surface area (Å²) in [5, 5.41) is 17.3. The second-order valence-electron chi connectivity index (χ2n) is 5.00. The molecule has 1 aliphatic rings. The molecule has 0 radical (unpaired) electrons. The maximum atomic E-state index is 12.3. The molecule has 7 heteroatoms. The first kappa shape index (κ1) is 13.8. The van der Waals surface area contributed by atoms with E-state index >= 15 is 0 Å². The average Bonchev–Trinajstić information content (AvgIpc) is 3.04. The molecule has 0 saturated carbocycles. The van der Waals surface area contributed by atoms with E-state index in [1.807, 2.05) is 5.38 Å². The number of nitrogens with one attached hydrogen (secondary N) is 1. The molecular weight excluding hydrogens is 290 g/mol. The van der Waals surface area contributed by atoms with Crippen molar-refractivity contribution in [3.8, 4) is 0 Å². The fourth-order valence-electron chi connectivity index (χ4n) is 2.52. The summed E-state index contributed by atoms with van der Waals surface area (Å²) in [6.07, 6.45) is 5.85. The Balaban J connectivity index is 1.73. The predicted octanol–water partition coefficient (Wildman–Crippen LogP) is 2.16. The Morgan fingerprint density at radius 3 is 3.00 bits per heavy atom. The lowest BCUT2D eigenvalue weighted by molar-refractivity contribution is -0.137. The number of aryl methyl sites for hydroxylation is 1. The number of fused-ring (bicyclic) bond motifs is 1. The van der Waals surface area contributed by atoms with Gasteiger partial charge in [-0.25, -0.2) is 0 Å². The lowest BCUT2D eigenvalue weighted by Gasteiger charge is -2.12. The fraction of sp³-hybridized carbons (Fsp3) is 0.357. The Hall–Kier alpha value is -2.15. The molecule has 0 bridgehead atoms. The lowest BCUT2D eigenvalue weighted by atomic mass is 9.96. The minimum atomic E-state index is -0.970. The van der Waals surface area contributed by atoms with Crippen LogP contribution in [0.3, 0.4) is 0 Å². The van der Waals surface area contributed by atoms with Gasteiger partial charge in [-0.15, -0.1) is 11.3 Å². The molecule has 0 spiro atoms. The predicted molar refractivity (Wildman–Crippen MR) is 78.8 cm³/mol. The Morgan fingerprint density at radius 1 is 1.38 bits per heavy atom. The monoisotopic (exact) mass is 305 g/mol. The van der Waals surface area contributed by atoms with Crippen molar-refractivity contribution in [2.75, 3.05) is 5.32 Å². The van der Waals surface area contributed by atoms with Crippen LogP contribution in [0, 0.1) is 0 Å². The number of aliphatic carboxylic acids is 1. The van der Waals surface area contributed by atoms with E-state index in [2.05, 4.69) is 10.4 Å². The van der Waals surface area contributed by atoms with Gasteiger partial charge >= 0.3 is 5.97 Å². The van der Waals surface area contributed by atoms with Gasteiger partial charge in [0, 0.05) is 22.5 Å². The lowest BCUT2D eigenvalue weighted by Crippen LogP contribution is -2.15. The molecule has 21 heavy (non-hydrogen) atoms. The van der Waals surface area contributed by atoms with E-state index in [9.17, 15) is 9.59 Å². The summed E-state index contributed by atoms with van der Waals surface area (Å²) >= 11 is 1.64. The van der Waals surface area contributed by atoms with E-state index in [-0.39, 0.29) is 12.5 Å². The van der Waals surface area contributed by atoms with E-state index in [0.29, 0.717) is 5.82 Å². The number of carboxylic acids is 1. The van der Waals surface area contributed by atoms with Crippen molar-refractivity contribution in [2.24, 2.45) is 0 Å². The van der Waals surface area contributed by atoms with Crippen LogP contribution in [0.15, 0.2) is 17.6 Å². The van der Waals surface area contributed by atoms with Gasteiger partial charge in [-0.05, 0) is 31.2 Å². The SMILES string of the molecule is O=C(O)Cn1ccc(NC(=O)c2csc3c2CCCC3)n1. The van der Waals surface area contributed by atoms with Gasteiger partial charge in [0.1, 0.15) is 6.54 Å². The van der Waals surface area contributed by atoms with Crippen LogP contribution < -0.4 is 5.32 Å². The molecule has 110 valence electrons. The molecule has 3 rings (SSSR count). The Bertz CT molecular complexity index is 689. The zero-order valence-corrected chi connectivity index (χ0v) is 12.2. The van der Waals surface area contributed by atoms with Gasteiger partial charge in [0.15, 0.2) is 5.82 Å². The van der Waals surface area contributed by atoms with Gasteiger partial charge in [-0.3, -0.25) is 14.3 Å². The third-order valence-corrected chi connectivity index (χ3v) is 4.57. The van der Waals surface area contributed by atoms with Crippen LogP contribution in [0.25, 0.3) is 0 Å². The van der Waals surface area contributed by atoms with Crippen molar-refractivity contribution in [1.29, 1.82) is 0 Å². The standard InChI is InChI=1S/C14H15N3O3S/c18-13(19)7-17-6-5-12(16-17)15-14(20)10-8-21-11-4-2-1-3-9(10)11/h5-6,8H,1-4,7H2,(H,18,19)(H,15,16,20). The van der Waals surface area contributed by atoms with E-state index in [1.54, 1.807) is 17.4 Å². The summed E-state index contributed by atoms with van der Waals surface area (Å²) in [6, 6.07) is 1.60. The topological polar surface area (TPSA) is 84.2 Å². The normalized spacial score (nSPS) is 13.7. The van der Waals surface area contributed by atoms with Crippen molar-refractivity contribution in [1.82, 2.24) is 9.78 Å². The number of rotatable bonds is 4. The molecule has 0 unspecified atom stereocenters. The van der Waals surface area contributed by atoms with Crippen molar-refractivity contribution >= 4 is 29.0 Å². The van der Waals surface area contributed by atoms with Crippen LogP contribution in [0.4, 0.5) is 5.82 Å². The summed E-state index contributed by atoms with van der Waals surface area (Å²) in [6.45, 7) is -0.219. The van der Waals surface area contributed by atoms with Crippen LogP contribution in [-0.4, -0.2) is 26.8 Å².